The van der Waals surface area contributed by atoms with Crippen molar-refractivity contribution in [3.63, 3.8) is 0 Å². The number of anilines is 1. The van der Waals surface area contributed by atoms with Crippen molar-refractivity contribution in [1.29, 1.82) is 0 Å². The molecule has 0 aliphatic heterocycles. The van der Waals surface area contributed by atoms with Gasteiger partial charge in [0.25, 0.3) is 0 Å². The highest BCUT2D eigenvalue weighted by atomic mass is 35.5. The first-order chi connectivity index (χ1) is 25.5. The molecule has 13 nitrogen and oxygen atoms in total. The Morgan fingerprint density at radius 1 is 0.963 bits per heavy atom. The highest BCUT2D eigenvalue weighted by Crippen LogP contribution is 2.30. The zero-order chi connectivity index (χ0) is 39.2. The third kappa shape index (κ3) is 10.7. The Kier molecular flexibility index (Phi) is 12.8. The van der Waals surface area contributed by atoms with Crippen molar-refractivity contribution >= 4 is 45.2 Å². The van der Waals surface area contributed by atoms with E-state index in [2.05, 4.69) is 31.1 Å². The number of aromatic amines is 1. The van der Waals surface area contributed by atoms with Crippen molar-refractivity contribution in [2.45, 2.75) is 76.3 Å². The summed E-state index contributed by atoms with van der Waals surface area (Å²) >= 11 is 5.88. The summed E-state index contributed by atoms with van der Waals surface area (Å²) < 4.78 is 32.2. The van der Waals surface area contributed by atoms with Crippen molar-refractivity contribution < 1.29 is 27.5 Å². The van der Waals surface area contributed by atoms with Crippen molar-refractivity contribution in [3.8, 4) is 22.5 Å². The van der Waals surface area contributed by atoms with Crippen molar-refractivity contribution in [2.75, 3.05) is 26.0 Å². The fourth-order valence-corrected chi connectivity index (χ4v) is 7.36. The third-order valence-electron chi connectivity index (χ3n) is 9.35. The molecule has 4 N–H and O–H groups in total. The number of amides is 3. The average Bonchev–Trinajstić information content (AvgIpc) is 3.56. The minimum atomic E-state index is -3.62. The summed E-state index contributed by atoms with van der Waals surface area (Å²) in [6.07, 6.45) is 2.53. The smallest absolute Gasteiger partial charge is 0.407 e. The zero-order valence-corrected chi connectivity index (χ0v) is 33.0. The summed E-state index contributed by atoms with van der Waals surface area (Å²) in [6.45, 7) is 7.84. The maximum Gasteiger partial charge on any atom is 0.407 e. The van der Waals surface area contributed by atoms with Crippen molar-refractivity contribution in [1.82, 2.24) is 30.1 Å². The highest BCUT2D eigenvalue weighted by Gasteiger charge is 2.30. The molecule has 1 saturated carbocycles. The van der Waals surface area contributed by atoms with Gasteiger partial charge in [-0.3, -0.25) is 9.59 Å². The van der Waals surface area contributed by atoms with Crippen LogP contribution >= 0.6 is 11.6 Å². The molecule has 0 bridgehead atoms. The van der Waals surface area contributed by atoms with E-state index in [0.29, 0.717) is 36.5 Å². The summed E-state index contributed by atoms with van der Waals surface area (Å²) in [5.74, 6) is -0.211. The Balaban J connectivity index is 1.29. The number of alkyl carbamates (subject to hydrolysis) is 1. The van der Waals surface area contributed by atoms with E-state index < -0.39 is 27.8 Å². The standard InChI is InChI=1S/C39H48ClN7O6S/c1-24-7-20-31(54(51,52)47(5)6)22-32(24)27-12-8-25(9-13-27)21-33(36(49)42-30-18-16-28(17-19-30)34-44-37(40)46-45-34)43-35(48)29-14-10-26(11-15-29)23-41-38(50)53-39(2,3)4/h7-9,12-13,16-20,22,26,29,33H,10-11,14-15,21,23H2,1-6H3,(H,41,50)(H,42,49)(H,43,48)(H,44,45,46). The SMILES string of the molecule is Cc1ccc(S(=O)(=O)N(C)C)cc1-c1ccc(CC(NC(=O)C2CCC(CNC(=O)OC(C)(C)C)CC2)C(=O)Nc2ccc(-c3n[nH]c(Cl)n3)cc2)cc1. The van der Waals surface area contributed by atoms with E-state index in [-0.39, 0.29) is 40.3 Å². The van der Waals surface area contributed by atoms with Gasteiger partial charge in [-0.15, -0.1) is 0 Å². The number of hydrogen-bond acceptors (Lipinski definition) is 8. The molecule has 288 valence electrons. The number of aryl methyl sites for hydroxylation is 1. The van der Waals surface area contributed by atoms with E-state index in [4.69, 9.17) is 16.3 Å². The van der Waals surface area contributed by atoms with Crippen molar-refractivity contribution in [2.24, 2.45) is 11.8 Å². The van der Waals surface area contributed by atoms with Crippen LogP contribution in [0.4, 0.5) is 10.5 Å². The first kappa shape index (κ1) is 40.4. The number of carbonyl (C=O) groups excluding carboxylic acids is 3. The number of sulfonamides is 1. The lowest BCUT2D eigenvalue weighted by molar-refractivity contribution is -0.130. The van der Waals surface area contributed by atoms with E-state index >= 15 is 0 Å². The van der Waals surface area contributed by atoms with Crippen LogP contribution in [0.25, 0.3) is 22.5 Å². The van der Waals surface area contributed by atoms with Crippen molar-refractivity contribution in [3.05, 3.63) is 83.1 Å². The summed E-state index contributed by atoms with van der Waals surface area (Å²) in [5.41, 5.74) is 3.98. The molecule has 0 radical (unpaired) electrons. The van der Waals surface area contributed by atoms with Crippen LogP contribution in [0.1, 0.15) is 57.6 Å². The molecule has 4 aromatic rings. The molecule has 1 atom stereocenters. The zero-order valence-electron chi connectivity index (χ0n) is 31.4. The number of halogens is 1. The molecule has 1 unspecified atom stereocenters. The second-order valence-corrected chi connectivity index (χ2v) is 17.4. The minimum Gasteiger partial charge on any atom is -0.444 e. The molecule has 1 aliphatic rings. The van der Waals surface area contributed by atoms with Gasteiger partial charge in [-0.1, -0.05) is 30.3 Å². The fourth-order valence-electron chi connectivity index (χ4n) is 6.31. The summed E-state index contributed by atoms with van der Waals surface area (Å²) in [7, 11) is -0.629. The summed E-state index contributed by atoms with van der Waals surface area (Å²) in [6, 6.07) is 18.7. The predicted octanol–water partition coefficient (Wildman–Crippen LogP) is 6.35. The third-order valence-corrected chi connectivity index (χ3v) is 11.3. The molecule has 15 heteroatoms. The van der Waals surface area contributed by atoms with Gasteiger partial charge in [0, 0.05) is 44.2 Å². The Morgan fingerprint density at radius 3 is 2.20 bits per heavy atom. The van der Waals surface area contributed by atoms with Crippen LogP contribution in [0.15, 0.2) is 71.6 Å². The molecule has 1 aromatic heterocycles. The molecular formula is C39H48ClN7O6S. The number of aromatic nitrogens is 3. The summed E-state index contributed by atoms with van der Waals surface area (Å²) in [4.78, 5) is 43.9. The lowest BCUT2D eigenvalue weighted by atomic mass is 9.81. The number of carbonyl (C=O) groups is 3. The van der Waals surface area contributed by atoms with Crippen LogP contribution in [0, 0.1) is 18.8 Å². The Morgan fingerprint density at radius 2 is 1.61 bits per heavy atom. The first-order valence-electron chi connectivity index (χ1n) is 17.9. The maximum atomic E-state index is 13.8. The first-order valence-corrected chi connectivity index (χ1v) is 19.7. The number of ether oxygens (including phenoxy) is 1. The van der Waals surface area contributed by atoms with Crippen LogP contribution in [0.3, 0.4) is 0 Å². The number of nitrogens with zero attached hydrogens (tertiary/aromatic N) is 3. The van der Waals surface area contributed by atoms with E-state index in [1.54, 1.807) is 42.5 Å². The number of benzene rings is 3. The minimum absolute atomic E-state index is 0.167. The molecule has 1 aliphatic carbocycles. The van der Waals surface area contributed by atoms with E-state index in [1.807, 2.05) is 52.0 Å². The van der Waals surface area contributed by atoms with Crippen LogP contribution in [0.5, 0.6) is 0 Å². The monoisotopic (exact) mass is 777 g/mol. The topological polar surface area (TPSA) is 175 Å². The van der Waals surface area contributed by atoms with Gasteiger partial charge in [0.1, 0.15) is 11.6 Å². The van der Waals surface area contributed by atoms with Gasteiger partial charge in [0.05, 0.1) is 4.90 Å². The average molecular weight is 778 g/mol. The molecular weight excluding hydrogens is 730 g/mol. The Bertz CT molecular complexity index is 2050. The van der Waals surface area contributed by atoms with Gasteiger partial charge in [-0.25, -0.2) is 22.6 Å². The van der Waals surface area contributed by atoms with Gasteiger partial charge in [0.2, 0.25) is 27.1 Å². The molecule has 54 heavy (non-hydrogen) atoms. The largest absolute Gasteiger partial charge is 0.444 e. The summed E-state index contributed by atoms with van der Waals surface area (Å²) in [5, 5.41) is 15.6. The highest BCUT2D eigenvalue weighted by molar-refractivity contribution is 7.89. The number of rotatable bonds is 12. The quantitative estimate of drug-likeness (QED) is 0.129. The lowest BCUT2D eigenvalue weighted by Crippen LogP contribution is -2.48. The van der Waals surface area contributed by atoms with Gasteiger partial charge >= 0.3 is 6.09 Å². The molecule has 1 heterocycles. The van der Waals surface area contributed by atoms with E-state index in [1.165, 1.54) is 18.4 Å². The van der Waals surface area contributed by atoms with Gasteiger partial charge < -0.3 is 20.7 Å². The van der Waals surface area contributed by atoms with E-state index in [9.17, 15) is 22.8 Å². The van der Waals surface area contributed by atoms with Gasteiger partial charge in [-0.2, -0.15) is 10.1 Å². The molecule has 0 saturated heterocycles. The normalized spacial score (nSPS) is 16.7. The fraction of sp³-hybridized carbons (Fsp3) is 0.410. The second-order valence-electron chi connectivity index (χ2n) is 14.8. The number of H-pyrrole nitrogens is 1. The number of hydrogen-bond donors (Lipinski definition) is 4. The molecule has 3 aromatic carbocycles. The maximum absolute atomic E-state index is 13.8. The van der Waals surface area contributed by atoms with Crippen LogP contribution in [-0.4, -0.2) is 78.1 Å². The van der Waals surface area contributed by atoms with Crippen LogP contribution in [0.2, 0.25) is 5.28 Å². The number of nitrogens with one attached hydrogen (secondary N) is 4. The molecule has 5 rings (SSSR count). The van der Waals surface area contributed by atoms with Crippen LogP contribution in [-0.2, 0) is 30.8 Å². The lowest BCUT2D eigenvalue weighted by Gasteiger charge is -2.29. The molecule has 0 spiro atoms. The van der Waals surface area contributed by atoms with E-state index in [0.717, 1.165) is 35.1 Å². The second kappa shape index (κ2) is 17.1. The van der Waals surface area contributed by atoms with Gasteiger partial charge in [-0.05, 0) is 130 Å². The Labute approximate surface area is 321 Å². The molecule has 1 fully saturated rings. The predicted molar refractivity (Wildman–Crippen MR) is 208 cm³/mol. The van der Waals surface area contributed by atoms with Crippen LogP contribution < -0.4 is 16.0 Å². The Hall–Kier alpha value is -4.79. The van der Waals surface area contributed by atoms with Gasteiger partial charge in [0.15, 0.2) is 5.82 Å². The molecule has 3 amide bonds.